The van der Waals surface area contributed by atoms with Gasteiger partial charge in [-0.1, -0.05) is 18.2 Å². The molecule has 3 nitrogen and oxygen atoms in total. The SMILES string of the molecule is Cc1cccc(-c2nnc(CCl)n2C)c1C. The van der Waals surface area contributed by atoms with Gasteiger partial charge in [0.15, 0.2) is 5.82 Å². The van der Waals surface area contributed by atoms with Crippen LogP contribution in [0.15, 0.2) is 18.2 Å². The van der Waals surface area contributed by atoms with E-state index < -0.39 is 0 Å². The molecule has 0 saturated heterocycles. The van der Waals surface area contributed by atoms with Crippen molar-refractivity contribution in [3.63, 3.8) is 0 Å². The smallest absolute Gasteiger partial charge is 0.164 e. The zero-order valence-corrected chi connectivity index (χ0v) is 10.4. The lowest BCUT2D eigenvalue weighted by Crippen LogP contribution is -1.99. The molecule has 0 radical (unpaired) electrons. The van der Waals surface area contributed by atoms with E-state index in [1.54, 1.807) is 0 Å². The van der Waals surface area contributed by atoms with E-state index in [4.69, 9.17) is 11.6 Å². The van der Waals surface area contributed by atoms with E-state index >= 15 is 0 Å². The van der Waals surface area contributed by atoms with Gasteiger partial charge < -0.3 is 4.57 Å². The molecule has 0 aliphatic rings. The van der Waals surface area contributed by atoms with Gasteiger partial charge in [-0.3, -0.25) is 0 Å². The average molecular weight is 236 g/mol. The predicted molar refractivity (Wildman–Crippen MR) is 65.5 cm³/mol. The molecule has 0 unspecified atom stereocenters. The van der Waals surface area contributed by atoms with Crippen LogP contribution in [0, 0.1) is 13.8 Å². The van der Waals surface area contributed by atoms with Crippen LogP contribution in [0.3, 0.4) is 0 Å². The molecule has 0 atom stereocenters. The lowest BCUT2D eigenvalue weighted by atomic mass is 10.0. The fourth-order valence-electron chi connectivity index (χ4n) is 1.71. The molecule has 0 aliphatic carbocycles. The highest BCUT2D eigenvalue weighted by molar-refractivity contribution is 6.16. The second kappa shape index (κ2) is 4.26. The van der Waals surface area contributed by atoms with Crippen LogP contribution in [-0.4, -0.2) is 14.8 Å². The second-order valence-electron chi connectivity index (χ2n) is 3.88. The van der Waals surface area contributed by atoms with E-state index in [2.05, 4.69) is 36.2 Å². The minimum Gasteiger partial charge on any atom is -0.313 e. The van der Waals surface area contributed by atoms with Gasteiger partial charge in [-0.05, 0) is 25.0 Å². The highest BCUT2D eigenvalue weighted by Gasteiger charge is 2.12. The summed E-state index contributed by atoms with van der Waals surface area (Å²) in [6.07, 6.45) is 0. The Morgan fingerprint density at radius 1 is 1.25 bits per heavy atom. The Labute approximate surface area is 100 Å². The maximum Gasteiger partial charge on any atom is 0.164 e. The van der Waals surface area contributed by atoms with Gasteiger partial charge >= 0.3 is 0 Å². The van der Waals surface area contributed by atoms with E-state index in [1.165, 1.54) is 11.1 Å². The van der Waals surface area contributed by atoms with Crippen molar-refractivity contribution in [1.82, 2.24) is 14.8 Å². The largest absolute Gasteiger partial charge is 0.313 e. The van der Waals surface area contributed by atoms with E-state index in [0.29, 0.717) is 5.88 Å². The normalized spacial score (nSPS) is 10.8. The number of rotatable bonds is 2. The third kappa shape index (κ3) is 1.71. The van der Waals surface area contributed by atoms with Gasteiger partial charge in [-0.25, -0.2) is 0 Å². The summed E-state index contributed by atoms with van der Waals surface area (Å²) in [6.45, 7) is 4.19. The van der Waals surface area contributed by atoms with E-state index in [9.17, 15) is 0 Å². The van der Waals surface area contributed by atoms with Crippen molar-refractivity contribution in [2.75, 3.05) is 0 Å². The third-order valence-corrected chi connectivity index (χ3v) is 3.17. The fourth-order valence-corrected chi connectivity index (χ4v) is 1.94. The maximum absolute atomic E-state index is 5.78. The van der Waals surface area contributed by atoms with Gasteiger partial charge in [0.05, 0.1) is 5.88 Å². The minimum atomic E-state index is 0.383. The van der Waals surface area contributed by atoms with Crippen LogP contribution >= 0.6 is 11.6 Å². The third-order valence-electron chi connectivity index (χ3n) is 2.93. The number of hydrogen-bond donors (Lipinski definition) is 0. The molecule has 1 aromatic carbocycles. The summed E-state index contributed by atoms with van der Waals surface area (Å²) in [5, 5.41) is 8.25. The van der Waals surface area contributed by atoms with Crippen LogP contribution in [0.1, 0.15) is 17.0 Å². The summed E-state index contributed by atoms with van der Waals surface area (Å²) < 4.78 is 1.94. The van der Waals surface area contributed by atoms with Crippen molar-refractivity contribution < 1.29 is 0 Å². The van der Waals surface area contributed by atoms with Crippen molar-refractivity contribution in [3.05, 3.63) is 35.2 Å². The maximum atomic E-state index is 5.78. The first-order valence-corrected chi connectivity index (χ1v) is 5.69. The molecule has 0 spiro atoms. The number of halogens is 1. The van der Waals surface area contributed by atoms with Gasteiger partial charge in [-0.15, -0.1) is 21.8 Å². The number of benzene rings is 1. The number of hydrogen-bond acceptors (Lipinski definition) is 2. The van der Waals surface area contributed by atoms with Gasteiger partial charge in [0.25, 0.3) is 0 Å². The summed E-state index contributed by atoms with van der Waals surface area (Å²) >= 11 is 5.78. The van der Waals surface area contributed by atoms with Gasteiger partial charge in [0, 0.05) is 12.6 Å². The molecule has 2 aromatic rings. The molecule has 1 aromatic heterocycles. The van der Waals surface area contributed by atoms with Crippen LogP contribution < -0.4 is 0 Å². The van der Waals surface area contributed by atoms with E-state index in [0.717, 1.165) is 17.2 Å². The molecule has 84 valence electrons. The molecule has 0 fully saturated rings. The Balaban J connectivity index is 2.59. The molecular formula is C12H14ClN3. The first-order valence-electron chi connectivity index (χ1n) is 5.16. The molecule has 0 N–H and O–H groups in total. The van der Waals surface area contributed by atoms with Crippen molar-refractivity contribution >= 4 is 11.6 Å². The zero-order valence-electron chi connectivity index (χ0n) is 9.66. The van der Waals surface area contributed by atoms with Crippen LogP contribution in [0.25, 0.3) is 11.4 Å². The zero-order chi connectivity index (χ0) is 11.7. The Kier molecular flexibility index (Phi) is 2.97. The van der Waals surface area contributed by atoms with E-state index in [1.807, 2.05) is 17.7 Å². The lowest BCUT2D eigenvalue weighted by Gasteiger charge is -2.07. The van der Waals surface area contributed by atoms with Crippen molar-refractivity contribution in [2.24, 2.45) is 7.05 Å². The summed E-state index contributed by atoms with van der Waals surface area (Å²) in [6, 6.07) is 6.19. The standard InChI is InChI=1S/C12H14ClN3/c1-8-5-4-6-10(9(8)2)12-15-14-11(7-13)16(12)3/h4-6H,7H2,1-3H3. The van der Waals surface area contributed by atoms with Crippen molar-refractivity contribution in [2.45, 2.75) is 19.7 Å². The Bertz CT molecular complexity index is 517. The Morgan fingerprint density at radius 3 is 2.62 bits per heavy atom. The van der Waals surface area contributed by atoms with Gasteiger partial charge in [-0.2, -0.15) is 0 Å². The van der Waals surface area contributed by atoms with Crippen LogP contribution in [0.4, 0.5) is 0 Å². The second-order valence-corrected chi connectivity index (χ2v) is 4.15. The lowest BCUT2D eigenvalue weighted by molar-refractivity contribution is 0.853. The number of aromatic nitrogens is 3. The molecule has 0 bridgehead atoms. The summed E-state index contributed by atoms with van der Waals surface area (Å²) in [5.74, 6) is 2.04. The molecule has 0 saturated carbocycles. The molecule has 2 rings (SSSR count). The van der Waals surface area contributed by atoms with Crippen LogP contribution in [0.5, 0.6) is 0 Å². The first-order chi connectivity index (χ1) is 7.65. The fraction of sp³-hybridized carbons (Fsp3) is 0.333. The summed E-state index contributed by atoms with van der Waals surface area (Å²) in [5.41, 5.74) is 3.61. The molecular weight excluding hydrogens is 222 g/mol. The minimum absolute atomic E-state index is 0.383. The highest BCUT2D eigenvalue weighted by Crippen LogP contribution is 2.24. The quantitative estimate of drug-likeness (QED) is 0.750. The first kappa shape index (κ1) is 11.1. The summed E-state index contributed by atoms with van der Waals surface area (Å²) in [4.78, 5) is 0. The van der Waals surface area contributed by atoms with Crippen LogP contribution in [-0.2, 0) is 12.9 Å². The number of alkyl halides is 1. The molecule has 0 amide bonds. The average Bonchev–Trinajstić information content (AvgIpc) is 2.64. The molecule has 1 heterocycles. The van der Waals surface area contributed by atoms with Crippen molar-refractivity contribution in [1.29, 1.82) is 0 Å². The monoisotopic (exact) mass is 235 g/mol. The van der Waals surface area contributed by atoms with Crippen molar-refractivity contribution in [3.8, 4) is 11.4 Å². The Morgan fingerprint density at radius 2 is 2.00 bits per heavy atom. The predicted octanol–water partition coefficient (Wildman–Crippen LogP) is 2.84. The van der Waals surface area contributed by atoms with Gasteiger partial charge in [0.1, 0.15) is 5.82 Å². The Hall–Kier alpha value is -1.35. The van der Waals surface area contributed by atoms with E-state index in [-0.39, 0.29) is 0 Å². The molecule has 4 heteroatoms. The topological polar surface area (TPSA) is 30.7 Å². The number of nitrogens with zero attached hydrogens (tertiary/aromatic N) is 3. The summed E-state index contributed by atoms with van der Waals surface area (Å²) in [7, 11) is 1.94. The number of aryl methyl sites for hydroxylation is 1. The highest BCUT2D eigenvalue weighted by atomic mass is 35.5. The molecule has 16 heavy (non-hydrogen) atoms. The molecule has 0 aliphatic heterocycles. The van der Waals surface area contributed by atoms with Gasteiger partial charge in [0.2, 0.25) is 0 Å². The van der Waals surface area contributed by atoms with Crippen LogP contribution in [0.2, 0.25) is 0 Å².